The zero-order chi connectivity index (χ0) is 22.5. The van der Waals surface area contributed by atoms with E-state index in [1.807, 2.05) is 35.1 Å². The third-order valence-electron chi connectivity index (χ3n) is 3.88. The summed E-state index contributed by atoms with van der Waals surface area (Å²) < 4.78 is 39.0. The number of nitrogens with one attached hydrogen (secondary N) is 1. The molecule has 3 aromatic rings. The van der Waals surface area contributed by atoms with E-state index in [1.165, 1.54) is 0 Å². The van der Waals surface area contributed by atoms with E-state index in [0.29, 0.717) is 6.54 Å². The Bertz CT molecular complexity index is 1010. The Hall–Kier alpha value is -3.37. The SMILES string of the molecule is COc1cccc2c(NCc3cn(C(C)(C)C)nn3)ccnc12.O=C(O)C(F)(F)F. The zero-order valence-electron chi connectivity index (χ0n) is 16.9. The molecule has 2 heterocycles. The van der Waals surface area contributed by atoms with Gasteiger partial charge in [-0.15, -0.1) is 5.10 Å². The Balaban J connectivity index is 0.000000396. The number of fused-ring (bicyclic) bond motifs is 1. The topological polar surface area (TPSA) is 102 Å². The predicted octanol–water partition coefficient (Wildman–Crippen LogP) is 3.84. The first-order valence-corrected chi connectivity index (χ1v) is 8.81. The van der Waals surface area contributed by atoms with Crippen LogP contribution in [-0.4, -0.2) is 44.3 Å². The van der Waals surface area contributed by atoms with Crippen LogP contribution in [0.2, 0.25) is 0 Å². The monoisotopic (exact) mass is 425 g/mol. The molecule has 30 heavy (non-hydrogen) atoms. The molecule has 8 nitrogen and oxygen atoms in total. The quantitative estimate of drug-likeness (QED) is 0.655. The van der Waals surface area contributed by atoms with Crippen LogP contribution in [0.5, 0.6) is 5.75 Å². The van der Waals surface area contributed by atoms with Gasteiger partial charge >= 0.3 is 12.1 Å². The van der Waals surface area contributed by atoms with Crippen LogP contribution in [0, 0.1) is 0 Å². The van der Waals surface area contributed by atoms with Crippen molar-refractivity contribution < 1.29 is 27.8 Å². The Morgan fingerprint density at radius 3 is 2.43 bits per heavy atom. The lowest BCUT2D eigenvalue weighted by molar-refractivity contribution is -0.192. The number of nitrogens with zero attached hydrogens (tertiary/aromatic N) is 4. The molecule has 0 bridgehead atoms. The van der Waals surface area contributed by atoms with Gasteiger partial charge in [0, 0.05) is 17.3 Å². The summed E-state index contributed by atoms with van der Waals surface area (Å²) in [4.78, 5) is 13.3. The summed E-state index contributed by atoms with van der Waals surface area (Å²) in [7, 11) is 1.65. The summed E-state index contributed by atoms with van der Waals surface area (Å²) in [5.41, 5.74) is 2.67. The van der Waals surface area contributed by atoms with Crippen LogP contribution < -0.4 is 10.1 Å². The van der Waals surface area contributed by atoms with E-state index in [4.69, 9.17) is 14.6 Å². The van der Waals surface area contributed by atoms with Crippen molar-refractivity contribution in [2.24, 2.45) is 0 Å². The van der Waals surface area contributed by atoms with Crippen molar-refractivity contribution in [2.45, 2.75) is 39.0 Å². The first-order valence-electron chi connectivity index (χ1n) is 8.81. The molecule has 0 aliphatic carbocycles. The molecular formula is C19H22F3N5O3. The first-order chi connectivity index (χ1) is 13.9. The third kappa shape index (κ3) is 5.82. The summed E-state index contributed by atoms with van der Waals surface area (Å²) in [5, 5.41) is 20.0. The van der Waals surface area contributed by atoms with Crippen LogP contribution in [0.25, 0.3) is 10.9 Å². The number of rotatable bonds is 4. The average molecular weight is 425 g/mol. The first kappa shape index (κ1) is 22.9. The maximum atomic E-state index is 10.6. The van der Waals surface area contributed by atoms with Crippen molar-refractivity contribution in [2.75, 3.05) is 12.4 Å². The number of carbonyl (C=O) groups is 1. The van der Waals surface area contributed by atoms with Crippen molar-refractivity contribution in [3.63, 3.8) is 0 Å². The lowest BCUT2D eigenvalue weighted by Gasteiger charge is -2.17. The number of aromatic nitrogens is 4. The molecule has 0 amide bonds. The molecule has 11 heteroatoms. The van der Waals surface area contributed by atoms with Crippen LogP contribution >= 0.6 is 0 Å². The summed E-state index contributed by atoms with van der Waals surface area (Å²) >= 11 is 0. The highest BCUT2D eigenvalue weighted by atomic mass is 19.4. The standard InChI is InChI=1S/C17H21N5O.C2HF3O2/c1-17(2,3)22-11-12(20-21-22)10-19-14-8-9-18-16-13(14)6-5-7-15(16)23-4;3-2(4,5)1(6)7/h5-9,11H,10H2,1-4H3,(H,18,19);(H,6,7). The fourth-order valence-corrected chi connectivity index (χ4v) is 2.36. The molecule has 162 valence electrons. The van der Waals surface area contributed by atoms with Crippen LogP contribution in [0.3, 0.4) is 0 Å². The van der Waals surface area contributed by atoms with Gasteiger partial charge in [-0.2, -0.15) is 13.2 Å². The minimum absolute atomic E-state index is 0.0675. The van der Waals surface area contributed by atoms with E-state index < -0.39 is 12.1 Å². The highest BCUT2D eigenvalue weighted by molar-refractivity contribution is 5.94. The predicted molar refractivity (Wildman–Crippen MR) is 104 cm³/mol. The maximum Gasteiger partial charge on any atom is 0.490 e. The van der Waals surface area contributed by atoms with E-state index in [2.05, 4.69) is 41.4 Å². The largest absolute Gasteiger partial charge is 0.494 e. The second-order valence-corrected chi connectivity index (χ2v) is 7.20. The second kappa shape index (κ2) is 8.97. The van der Waals surface area contributed by atoms with Crippen molar-refractivity contribution >= 4 is 22.6 Å². The van der Waals surface area contributed by atoms with E-state index in [9.17, 15) is 13.2 Å². The van der Waals surface area contributed by atoms with E-state index >= 15 is 0 Å². The summed E-state index contributed by atoms with van der Waals surface area (Å²) in [6.07, 6.45) is -1.34. The molecule has 0 aliphatic rings. The molecule has 2 aromatic heterocycles. The van der Waals surface area contributed by atoms with Crippen LogP contribution in [0.1, 0.15) is 26.5 Å². The van der Waals surface area contributed by atoms with Gasteiger partial charge < -0.3 is 15.2 Å². The number of carboxylic acids is 1. The number of ether oxygens (including phenoxy) is 1. The van der Waals surface area contributed by atoms with Crippen LogP contribution in [0.15, 0.2) is 36.7 Å². The average Bonchev–Trinajstić information content (AvgIpc) is 3.15. The number of hydrogen-bond acceptors (Lipinski definition) is 6. The molecule has 3 rings (SSSR count). The minimum Gasteiger partial charge on any atom is -0.494 e. The second-order valence-electron chi connectivity index (χ2n) is 7.20. The van der Waals surface area contributed by atoms with Crippen LogP contribution in [0.4, 0.5) is 18.9 Å². The molecule has 0 fully saturated rings. The van der Waals surface area contributed by atoms with Gasteiger partial charge in [-0.05, 0) is 32.9 Å². The number of anilines is 1. The number of alkyl halides is 3. The molecule has 1 aromatic carbocycles. The van der Waals surface area contributed by atoms with Gasteiger partial charge in [0.2, 0.25) is 0 Å². The van der Waals surface area contributed by atoms with Gasteiger partial charge in [-0.3, -0.25) is 4.98 Å². The van der Waals surface area contributed by atoms with E-state index in [1.54, 1.807) is 13.3 Å². The van der Waals surface area contributed by atoms with E-state index in [-0.39, 0.29) is 5.54 Å². The molecule has 0 saturated carbocycles. The van der Waals surface area contributed by atoms with Gasteiger partial charge in [-0.1, -0.05) is 17.3 Å². The summed E-state index contributed by atoms with van der Waals surface area (Å²) in [6, 6.07) is 7.85. The molecule has 0 saturated heterocycles. The minimum atomic E-state index is -5.08. The number of aliphatic carboxylic acids is 1. The molecule has 0 aliphatic heterocycles. The lowest BCUT2D eigenvalue weighted by Crippen LogP contribution is -2.22. The van der Waals surface area contributed by atoms with E-state index in [0.717, 1.165) is 28.0 Å². The molecular weight excluding hydrogens is 403 g/mol. The highest BCUT2D eigenvalue weighted by Crippen LogP contribution is 2.28. The van der Waals surface area contributed by atoms with Gasteiger partial charge in [0.15, 0.2) is 0 Å². The Morgan fingerprint density at radius 2 is 1.90 bits per heavy atom. The molecule has 0 radical (unpaired) electrons. The smallest absolute Gasteiger partial charge is 0.490 e. The summed E-state index contributed by atoms with van der Waals surface area (Å²) in [5.74, 6) is -1.99. The van der Waals surface area contributed by atoms with Crippen molar-refractivity contribution in [1.82, 2.24) is 20.0 Å². The Labute approximate surface area is 170 Å². The number of methoxy groups -OCH3 is 1. The lowest BCUT2D eigenvalue weighted by atomic mass is 10.1. The van der Waals surface area contributed by atoms with Crippen molar-refractivity contribution in [3.8, 4) is 5.75 Å². The number of para-hydroxylation sites is 1. The number of carboxylic acid groups (broad SMARTS) is 1. The van der Waals surface area contributed by atoms with Gasteiger partial charge in [0.05, 0.1) is 25.4 Å². The number of halogens is 3. The fourth-order valence-electron chi connectivity index (χ4n) is 2.36. The molecule has 0 unspecified atom stereocenters. The number of pyridine rings is 1. The number of benzene rings is 1. The maximum absolute atomic E-state index is 10.6. The van der Waals surface area contributed by atoms with Gasteiger partial charge in [0.1, 0.15) is 17.0 Å². The Morgan fingerprint density at radius 1 is 1.23 bits per heavy atom. The van der Waals surface area contributed by atoms with Gasteiger partial charge in [0.25, 0.3) is 0 Å². The zero-order valence-corrected chi connectivity index (χ0v) is 16.9. The van der Waals surface area contributed by atoms with Gasteiger partial charge in [-0.25, -0.2) is 9.48 Å². The normalized spacial score (nSPS) is 11.6. The van der Waals surface area contributed by atoms with Crippen molar-refractivity contribution in [3.05, 3.63) is 42.4 Å². The summed E-state index contributed by atoms with van der Waals surface area (Å²) in [6.45, 7) is 6.90. The number of hydrogen-bond donors (Lipinski definition) is 2. The molecule has 0 spiro atoms. The Kier molecular flexibility index (Phi) is 6.85. The molecule has 0 atom stereocenters. The van der Waals surface area contributed by atoms with Crippen LogP contribution in [-0.2, 0) is 16.9 Å². The van der Waals surface area contributed by atoms with Crippen molar-refractivity contribution in [1.29, 1.82) is 0 Å². The third-order valence-corrected chi connectivity index (χ3v) is 3.88. The highest BCUT2D eigenvalue weighted by Gasteiger charge is 2.38. The molecule has 2 N–H and O–H groups in total. The fraction of sp³-hybridized carbons (Fsp3) is 0.368.